The van der Waals surface area contributed by atoms with Crippen molar-refractivity contribution >= 4 is 41.3 Å². The van der Waals surface area contributed by atoms with Gasteiger partial charge in [0, 0.05) is 44.4 Å². The number of anilines is 1. The Balaban J connectivity index is 1.35. The molecule has 0 spiro atoms. The maximum absolute atomic E-state index is 14.0. The second-order valence-electron chi connectivity index (χ2n) is 13.0. The number of nitrogens with one attached hydrogen (secondary N) is 2. The number of ether oxygens (including phenoxy) is 1. The van der Waals surface area contributed by atoms with Gasteiger partial charge in [0.2, 0.25) is 0 Å². The van der Waals surface area contributed by atoms with Gasteiger partial charge in [-0.25, -0.2) is 14.5 Å². The zero-order valence-electron chi connectivity index (χ0n) is 26.8. The third-order valence-corrected chi connectivity index (χ3v) is 10.1. The van der Waals surface area contributed by atoms with E-state index in [2.05, 4.69) is 65.0 Å². The fourth-order valence-corrected chi connectivity index (χ4v) is 6.75. The summed E-state index contributed by atoms with van der Waals surface area (Å²) < 4.78 is 11.6. The van der Waals surface area contributed by atoms with E-state index in [9.17, 15) is 4.79 Å². The van der Waals surface area contributed by atoms with E-state index in [1.165, 1.54) is 0 Å². The van der Waals surface area contributed by atoms with Crippen LogP contribution in [0.5, 0.6) is 0 Å². The average molecular weight is 631 g/mol. The van der Waals surface area contributed by atoms with Crippen LogP contribution in [0, 0.1) is 6.92 Å². The van der Waals surface area contributed by atoms with Gasteiger partial charge >= 0.3 is 0 Å². The SMILES string of the molecule is Cc1ccn2nc([C@H](C)Nc3ncnc4c3c(-c3cccc5cc[nH]c35)cn4COCC[Si](C)(C)C)n(-c3ccccc3)c(=O)c12. The van der Waals surface area contributed by atoms with Crippen LogP contribution in [-0.2, 0) is 11.5 Å². The Morgan fingerprint density at radius 1 is 1.00 bits per heavy atom. The summed E-state index contributed by atoms with van der Waals surface area (Å²) in [5.41, 5.74) is 5.89. The normalized spacial score (nSPS) is 12.8. The highest BCUT2D eigenvalue weighted by Crippen LogP contribution is 2.38. The Hall–Kier alpha value is -5.00. The lowest BCUT2D eigenvalue weighted by Gasteiger charge is -2.20. The number of aromatic nitrogens is 7. The molecule has 0 bridgehead atoms. The van der Waals surface area contributed by atoms with Crippen LogP contribution in [0.1, 0.15) is 24.4 Å². The van der Waals surface area contributed by atoms with Crippen molar-refractivity contribution in [1.82, 2.24) is 33.7 Å². The fraction of sp³-hybridized carbons (Fsp3) is 0.257. The molecule has 234 valence electrons. The van der Waals surface area contributed by atoms with Crippen molar-refractivity contribution in [2.45, 2.75) is 52.3 Å². The molecule has 2 N–H and O–H groups in total. The molecule has 5 heterocycles. The molecule has 0 amide bonds. The van der Waals surface area contributed by atoms with E-state index in [-0.39, 0.29) is 5.56 Å². The van der Waals surface area contributed by atoms with Gasteiger partial charge in [0.25, 0.3) is 5.56 Å². The summed E-state index contributed by atoms with van der Waals surface area (Å²) in [6.07, 6.45) is 7.47. The summed E-state index contributed by atoms with van der Waals surface area (Å²) in [6, 6.07) is 20.6. The molecule has 46 heavy (non-hydrogen) atoms. The quantitative estimate of drug-likeness (QED) is 0.123. The molecule has 7 aromatic rings. The monoisotopic (exact) mass is 630 g/mol. The molecule has 0 unspecified atom stereocenters. The number of aryl methyl sites for hydroxylation is 1. The highest BCUT2D eigenvalue weighted by molar-refractivity contribution is 6.76. The number of H-pyrrole nitrogens is 1. The van der Waals surface area contributed by atoms with Crippen LogP contribution in [-0.4, -0.2) is 48.4 Å². The highest BCUT2D eigenvalue weighted by Gasteiger charge is 2.24. The van der Waals surface area contributed by atoms with Gasteiger partial charge in [-0.2, -0.15) is 5.10 Å². The van der Waals surface area contributed by atoms with E-state index in [1.54, 1.807) is 15.4 Å². The van der Waals surface area contributed by atoms with E-state index in [0.29, 0.717) is 30.5 Å². The molecule has 7 rings (SSSR count). The Kier molecular flexibility index (Phi) is 7.57. The van der Waals surface area contributed by atoms with Crippen LogP contribution in [0.3, 0.4) is 0 Å². The van der Waals surface area contributed by atoms with E-state index in [4.69, 9.17) is 19.8 Å². The largest absolute Gasteiger partial charge is 0.361 e. The van der Waals surface area contributed by atoms with Crippen LogP contribution in [0.4, 0.5) is 5.82 Å². The molecule has 10 nitrogen and oxygen atoms in total. The molecule has 1 atom stereocenters. The molecule has 0 aliphatic heterocycles. The number of fused-ring (bicyclic) bond motifs is 3. The lowest BCUT2D eigenvalue weighted by molar-refractivity contribution is 0.0899. The minimum absolute atomic E-state index is 0.124. The van der Waals surface area contributed by atoms with Gasteiger partial charge in [0.1, 0.15) is 30.0 Å². The van der Waals surface area contributed by atoms with E-state index in [0.717, 1.165) is 50.4 Å². The van der Waals surface area contributed by atoms with Crippen LogP contribution in [0.15, 0.2) is 90.4 Å². The first-order valence-corrected chi connectivity index (χ1v) is 19.3. The van der Waals surface area contributed by atoms with Crippen molar-refractivity contribution < 1.29 is 4.74 Å². The molecule has 0 aliphatic carbocycles. The molecule has 0 saturated carbocycles. The van der Waals surface area contributed by atoms with Crippen molar-refractivity contribution in [2.75, 3.05) is 11.9 Å². The molecular formula is C35H38N8O2Si. The summed E-state index contributed by atoms with van der Waals surface area (Å²) in [7, 11) is -1.23. The third kappa shape index (κ3) is 5.41. The van der Waals surface area contributed by atoms with Gasteiger partial charge in [0.05, 0.1) is 22.6 Å². The number of rotatable bonds is 10. The lowest BCUT2D eigenvalue weighted by Crippen LogP contribution is -2.29. The van der Waals surface area contributed by atoms with E-state index >= 15 is 0 Å². The Morgan fingerprint density at radius 2 is 1.83 bits per heavy atom. The first-order chi connectivity index (χ1) is 22.2. The molecule has 0 radical (unpaired) electrons. The minimum atomic E-state index is -1.23. The number of aromatic amines is 1. The Labute approximate surface area is 267 Å². The van der Waals surface area contributed by atoms with Crippen LogP contribution < -0.4 is 10.9 Å². The average Bonchev–Trinajstić information content (AvgIpc) is 3.77. The molecule has 0 fully saturated rings. The predicted octanol–water partition coefficient (Wildman–Crippen LogP) is 7.17. The molecular weight excluding hydrogens is 593 g/mol. The molecule has 5 aromatic heterocycles. The van der Waals surface area contributed by atoms with E-state index in [1.807, 2.05) is 62.6 Å². The summed E-state index contributed by atoms with van der Waals surface area (Å²) in [5, 5.41) is 10.6. The van der Waals surface area contributed by atoms with Gasteiger partial charge in [-0.1, -0.05) is 56.0 Å². The van der Waals surface area contributed by atoms with Crippen molar-refractivity contribution in [3.63, 3.8) is 0 Å². The number of para-hydroxylation sites is 2. The highest BCUT2D eigenvalue weighted by atomic mass is 28.3. The van der Waals surface area contributed by atoms with Crippen LogP contribution >= 0.6 is 0 Å². The Morgan fingerprint density at radius 3 is 2.63 bits per heavy atom. The number of nitrogens with zero attached hydrogens (tertiary/aromatic N) is 6. The molecule has 11 heteroatoms. The summed E-state index contributed by atoms with van der Waals surface area (Å²) in [5.74, 6) is 1.21. The first-order valence-electron chi connectivity index (χ1n) is 15.6. The zero-order valence-corrected chi connectivity index (χ0v) is 27.8. The number of hydrogen-bond acceptors (Lipinski definition) is 6. The molecule has 0 aliphatic rings. The molecule has 0 saturated heterocycles. The predicted molar refractivity (Wildman–Crippen MR) is 186 cm³/mol. The summed E-state index contributed by atoms with van der Waals surface area (Å²) in [4.78, 5) is 26.9. The minimum Gasteiger partial charge on any atom is -0.361 e. The number of hydrogen-bond donors (Lipinski definition) is 2. The third-order valence-electron chi connectivity index (χ3n) is 8.43. The fourth-order valence-electron chi connectivity index (χ4n) is 5.99. The topological polar surface area (TPSA) is 107 Å². The number of benzene rings is 2. The van der Waals surface area contributed by atoms with E-state index < -0.39 is 14.1 Å². The van der Waals surface area contributed by atoms with Crippen molar-refractivity contribution in [3.8, 4) is 16.8 Å². The maximum atomic E-state index is 14.0. The smallest absolute Gasteiger partial charge is 0.282 e. The standard InChI is InChI=1S/C35H38N8O2Si/c1-23-15-17-42-31(23)35(44)43(26-11-7-6-8-12-26)33(40-42)24(2)39-32-29-28(27-13-9-10-25-14-16-36-30(25)27)20-41(34(29)38-21-37-32)22-45-18-19-46(3,4)5/h6-17,20-21,24,36H,18-19,22H2,1-5H3,(H,37,38,39)/t24-/m0/s1. The second-order valence-corrected chi connectivity index (χ2v) is 18.6. The molecule has 2 aromatic carbocycles. The Bertz CT molecular complexity index is 2240. The van der Waals surface area contributed by atoms with Crippen LogP contribution in [0.25, 0.3) is 44.3 Å². The zero-order chi connectivity index (χ0) is 32.0. The maximum Gasteiger partial charge on any atom is 0.282 e. The van der Waals surface area contributed by atoms with Gasteiger partial charge in [-0.05, 0) is 55.1 Å². The van der Waals surface area contributed by atoms with Gasteiger partial charge in [-0.3, -0.25) is 9.36 Å². The van der Waals surface area contributed by atoms with Crippen molar-refractivity contribution in [3.05, 3.63) is 107 Å². The summed E-state index contributed by atoms with van der Waals surface area (Å²) in [6.45, 7) is 12.1. The first kappa shape index (κ1) is 29.7. The second kappa shape index (κ2) is 11.7. The van der Waals surface area contributed by atoms with Gasteiger partial charge < -0.3 is 19.6 Å². The summed E-state index contributed by atoms with van der Waals surface area (Å²) >= 11 is 0. The van der Waals surface area contributed by atoms with Gasteiger partial charge in [-0.15, -0.1) is 0 Å². The van der Waals surface area contributed by atoms with Crippen molar-refractivity contribution in [1.29, 1.82) is 0 Å². The van der Waals surface area contributed by atoms with Crippen LogP contribution in [0.2, 0.25) is 25.7 Å². The lowest BCUT2D eigenvalue weighted by atomic mass is 10.0. The van der Waals surface area contributed by atoms with Gasteiger partial charge in [0.15, 0.2) is 5.82 Å². The van der Waals surface area contributed by atoms with Crippen molar-refractivity contribution in [2.24, 2.45) is 0 Å².